The van der Waals surface area contributed by atoms with Crippen molar-refractivity contribution in [2.45, 2.75) is 0 Å². The molecule has 25 aromatic rings. The lowest BCUT2D eigenvalue weighted by atomic mass is 9.97. The maximum absolute atomic E-state index is 5.11. The van der Waals surface area contributed by atoms with E-state index in [0.717, 1.165) is 124 Å². The normalized spacial score (nSPS) is 11.4. The van der Waals surface area contributed by atoms with Gasteiger partial charge in [-0.2, -0.15) is 0 Å². The van der Waals surface area contributed by atoms with E-state index in [-0.39, 0.29) is 0 Å². The summed E-state index contributed by atoms with van der Waals surface area (Å²) >= 11 is 0. The highest BCUT2D eigenvalue weighted by molar-refractivity contribution is 6.13. The zero-order valence-corrected chi connectivity index (χ0v) is 70.4. The molecule has 0 N–H and O–H groups in total. The number of para-hydroxylation sites is 8. The molecule has 12 nitrogen and oxygen atoms in total. The van der Waals surface area contributed by atoms with Gasteiger partial charge in [0.25, 0.3) is 0 Å². The first-order valence-corrected chi connectivity index (χ1v) is 43.6. The summed E-state index contributed by atoms with van der Waals surface area (Å²) in [6.45, 7) is 0. The minimum absolute atomic E-state index is 0.574. The maximum atomic E-state index is 5.11. The summed E-state index contributed by atoms with van der Waals surface area (Å²) in [6.07, 6.45) is 5.32. The van der Waals surface area contributed by atoms with Crippen LogP contribution in [0, 0.1) is 0 Å². The van der Waals surface area contributed by atoms with Gasteiger partial charge in [0.1, 0.15) is 5.69 Å². The second-order valence-electron chi connectivity index (χ2n) is 32.2. The van der Waals surface area contributed by atoms with Crippen molar-refractivity contribution in [1.82, 2.24) is 58.1 Å². The van der Waals surface area contributed by atoms with Crippen LogP contribution in [0.1, 0.15) is 0 Å². The molecule has 0 aliphatic heterocycles. The molecule has 0 aliphatic rings. The quantitative estimate of drug-likeness (QED) is 0.105. The van der Waals surface area contributed by atoms with Crippen LogP contribution in [0.2, 0.25) is 0 Å². The highest BCUT2D eigenvalue weighted by atomic mass is 15.0. The molecule has 0 unspecified atom stereocenters. The number of rotatable bonds is 14. The van der Waals surface area contributed by atoms with E-state index in [1.807, 2.05) is 109 Å². The van der Waals surface area contributed by atoms with Crippen molar-refractivity contribution in [1.29, 1.82) is 0 Å². The fourth-order valence-corrected chi connectivity index (χ4v) is 18.3. The smallest absolute Gasteiger partial charge is 0.179 e. The van der Waals surface area contributed by atoms with Gasteiger partial charge in [0.2, 0.25) is 0 Å². The summed E-state index contributed by atoms with van der Waals surface area (Å²) in [5.41, 5.74) is 31.3. The van der Waals surface area contributed by atoms with E-state index in [1.165, 1.54) is 87.2 Å². The molecule has 15 aromatic carbocycles. The standard InChI is InChI=1S/C53H35N3.C33H22N4.C32H21N5/c1-3-15-38(16-4-1)48-33-41(34-49(54-48)39-17-5-2-6-18-39)37-29-27-36(28-30-37)40-31-42(55-50-23-11-7-19-44(50)45-20-8-12-24-51(45)55)35-43(32-40)56-52-25-13-9-21-46(52)47-22-10-14-26-53(47)56;1-2-10-24(11-3-1)33-35-29(22-30(36-33)28-14-8-9-21-34-28)23-17-19-25(20-18-23)37-31-15-6-4-12-26(31)27-13-5-7-16-32(27)37;1-3-13-30-24(9-1)25-10-2-4-14-31(25)37(30)23-17-15-22(16-18-23)28-21-29(26-11-5-7-19-33-26)36-32(35-28)27-12-6-8-20-34-27/h1-35H;1-22H;1-21H. The molecule has 0 atom stereocenters. The Morgan fingerprint density at radius 1 is 0.131 bits per heavy atom. The number of benzene rings is 15. The van der Waals surface area contributed by atoms with Gasteiger partial charge in [0.05, 0.1) is 89.7 Å². The average Bonchev–Trinajstić information content (AvgIpc) is 1.58. The van der Waals surface area contributed by atoms with Crippen LogP contribution < -0.4 is 0 Å². The molecule has 25 rings (SSSR count). The number of hydrogen-bond donors (Lipinski definition) is 0. The van der Waals surface area contributed by atoms with E-state index in [1.54, 1.807) is 18.6 Å². The fraction of sp³-hybridized carbons (Fsp3) is 0. The molecular formula is C118H78N12. The molecule has 0 bridgehead atoms. The topological polar surface area (TPSA) is 123 Å². The van der Waals surface area contributed by atoms with Crippen LogP contribution in [0.15, 0.2) is 474 Å². The van der Waals surface area contributed by atoms with Crippen molar-refractivity contribution >= 4 is 87.2 Å². The van der Waals surface area contributed by atoms with Crippen molar-refractivity contribution in [3.05, 3.63) is 474 Å². The van der Waals surface area contributed by atoms with Crippen molar-refractivity contribution in [3.63, 3.8) is 0 Å². The second-order valence-corrected chi connectivity index (χ2v) is 32.2. The molecule has 0 radical (unpaired) electrons. The monoisotopic (exact) mass is 1660 g/mol. The number of pyridine rings is 4. The molecule has 0 fully saturated rings. The Labute approximate surface area is 749 Å². The van der Waals surface area contributed by atoms with Gasteiger partial charge in [-0.05, 0) is 174 Å². The third kappa shape index (κ3) is 14.6. The van der Waals surface area contributed by atoms with Crippen molar-refractivity contribution in [2.24, 2.45) is 0 Å². The van der Waals surface area contributed by atoms with Gasteiger partial charge < -0.3 is 18.3 Å². The number of aromatic nitrogens is 12. The zero-order valence-electron chi connectivity index (χ0n) is 70.4. The molecule has 10 heterocycles. The molecule has 10 aromatic heterocycles. The first-order valence-electron chi connectivity index (χ1n) is 43.6. The number of fused-ring (bicyclic) bond motifs is 12. The van der Waals surface area contributed by atoms with E-state index in [4.69, 9.17) is 24.9 Å². The Kier molecular flexibility index (Phi) is 20.0. The Bertz CT molecular complexity index is 7690. The minimum Gasteiger partial charge on any atom is -0.309 e. The van der Waals surface area contributed by atoms with E-state index in [2.05, 4.69) is 379 Å². The predicted molar refractivity (Wildman–Crippen MR) is 533 cm³/mol. The molecule has 0 aliphatic carbocycles. The average molecular weight is 1660 g/mol. The summed E-state index contributed by atoms with van der Waals surface area (Å²) in [5.74, 6) is 1.26. The molecule has 610 valence electrons. The van der Waals surface area contributed by atoms with E-state index >= 15 is 0 Å². The summed E-state index contributed by atoms with van der Waals surface area (Å²) < 4.78 is 9.48. The predicted octanol–water partition coefficient (Wildman–Crippen LogP) is 29.3. The maximum Gasteiger partial charge on any atom is 0.179 e. The van der Waals surface area contributed by atoms with Crippen LogP contribution in [-0.2, 0) is 0 Å². The zero-order chi connectivity index (χ0) is 86.2. The molecular weight excluding hydrogens is 1590 g/mol. The minimum atomic E-state index is 0.574. The third-order valence-electron chi connectivity index (χ3n) is 24.3. The SMILES string of the molecule is c1ccc(-c2cc(-c3ccc(-c4cc(-n5c6ccccc6c6ccccc65)cc(-n5c6ccccc6c6ccccc65)c4)cc3)cc(-c3ccccc3)n2)cc1.c1ccc(-c2cc(-c3ccc(-n4c5ccccc5c5ccccc54)cc3)nc(-c3ccccn3)n2)nc1.c1ccc(-c2nc(-c3ccc(-n4c5ccccc5c5ccccc54)cc3)cc(-c3ccccn3)n2)cc1. The molecule has 130 heavy (non-hydrogen) atoms. The van der Waals surface area contributed by atoms with Crippen molar-refractivity contribution in [3.8, 4) is 136 Å². The summed E-state index contributed by atoms with van der Waals surface area (Å²) in [4.78, 5) is 38.1. The van der Waals surface area contributed by atoms with Gasteiger partial charge in [0.15, 0.2) is 11.6 Å². The van der Waals surface area contributed by atoms with Crippen LogP contribution in [0.5, 0.6) is 0 Å². The van der Waals surface area contributed by atoms with Crippen molar-refractivity contribution < 1.29 is 0 Å². The van der Waals surface area contributed by atoms with Crippen LogP contribution in [-0.4, -0.2) is 58.1 Å². The van der Waals surface area contributed by atoms with E-state index in [9.17, 15) is 0 Å². The Morgan fingerprint density at radius 2 is 0.377 bits per heavy atom. The first-order chi connectivity index (χ1) is 64.5. The second kappa shape index (κ2) is 33.7. The number of nitrogens with zero attached hydrogens (tertiary/aromatic N) is 12. The van der Waals surface area contributed by atoms with Gasteiger partial charge in [-0.25, -0.2) is 24.9 Å². The molecule has 0 saturated heterocycles. The summed E-state index contributed by atoms with van der Waals surface area (Å²) in [6, 6.07) is 159. The van der Waals surface area contributed by atoms with Gasteiger partial charge >= 0.3 is 0 Å². The molecule has 0 amide bonds. The molecule has 12 heteroatoms. The van der Waals surface area contributed by atoms with Gasteiger partial charge in [-0.1, -0.05) is 303 Å². The van der Waals surface area contributed by atoms with Crippen molar-refractivity contribution in [2.75, 3.05) is 0 Å². The van der Waals surface area contributed by atoms with Crippen LogP contribution >= 0.6 is 0 Å². The molecule has 0 spiro atoms. The number of hydrogen-bond acceptors (Lipinski definition) is 8. The van der Waals surface area contributed by atoms with Gasteiger partial charge in [-0.15, -0.1) is 0 Å². The van der Waals surface area contributed by atoms with Crippen LogP contribution in [0.25, 0.3) is 223 Å². The van der Waals surface area contributed by atoms with E-state index < -0.39 is 0 Å². The van der Waals surface area contributed by atoms with Crippen LogP contribution in [0.4, 0.5) is 0 Å². The lowest BCUT2D eigenvalue weighted by Crippen LogP contribution is -2.00. The third-order valence-corrected chi connectivity index (χ3v) is 24.3. The Balaban J connectivity index is 0.000000115. The van der Waals surface area contributed by atoms with E-state index in [0.29, 0.717) is 11.6 Å². The Hall–Kier alpha value is -17.7. The highest BCUT2D eigenvalue weighted by Crippen LogP contribution is 2.42. The lowest BCUT2D eigenvalue weighted by molar-refractivity contribution is 1.13. The van der Waals surface area contributed by atoms with Crippen LogP contribution in [0.3, 0.4) is 0 Å². The lowest BCUT2D eigenvalue weighted by Gasteiger charge is -2.16. The first kappa shape index (κ1) is 77.1. The summed E-state index contributed by atoms with van der Waals surface area (Å²) in [7, 11) is 0. The highest BCUT2D eigenvalue weighted by Gasteiger charge is 2.22. The Morgan fingerprint density at radius 3 is 0.708 bits per heavy atom. The molecule has 0 saturated carbocycles. The largest absolute Gasteiger partial charge is 0.309 e. The fourth-order valence-electron chi connectivity index (χ4n) is 18.3. The van der Waals surface area contributed by atoms with Gasteiger partial charge in [-0.3, -0.25) is 15.0 Å². The summed E-state index contributed by atoms with van der Waals surface area (Å²) in [5, 5.41) is 10.0. The van der Waals surface area contributed by atoms with Gasteiger partial charge in [0, 0.05) is 112 Å².